The highest BCUT2D eigenvalue weighted by atomic mass is 16.5. The Bertz CT molecular complexity index is 699. The van der Waals surface area contributed by atoms with Crippen molar-refractivity contribution in [3.05, 3.63) is 65.2 Å². The van der Waals surface area contributed by atoms with Crippen LogP contribution in [0.4, 0.5) is 0 Å². The molecule has 22 heavy (non-hydrogen) atoms. The fourth-order valence-electron chi connectivity index (χ4n) is 2.69. The normalized spacial score (nSPS) is 18.0. The standard InChI is InChI=1S/C19H21NO2/c1-19(2,3)15-11-7-10-14(17(15)21)18-20-16(12-22-18)13-8-5-4-6-9-13/h4-11,16,21H,12H2,1-3H3. The number of hydrogen-bond acceptors (Lipinski definition) is 3. The van der Waals surface area contributed by atoms with Gasteiger partial charge in [0.05, 0.1) is 5.56 Å². The van der Waals surface area contributed by atoms with Gasteiger partial charge in [0.1, 0.15) is 18.4 Å². The predicted octanol–water partition coefficient (Wildman–Crippen LogP) is 4.21. The van der Waals surface area contributed by atoms with Gasteiger partial charge in [-0.2, -0.15) is 0 Å². The minimum Gasteiger partial charge on any atom is -0.507 e. The first-order valence-electron chi connectivity index (χ1n) is 7.55. The molecule has 0 saturated carbocycles. The molecule has 3 heteroatoms. The molecule has 1 aliphatic rings. The molecule has 0 fully saturated rings. The average molecular weight is 295 g/mol. The van der Waals surface area contributed by atoms with Gasteiger partial charge < -0.3 is 9.84 Å². The van der Waals surface area contributed by atoms with Crippen molar-refractivity contribution in [1.82, 2.24) is 0 Å². The highest BCUT2D eigenvalue weighted by Crippen LogP contribution is 2.35. The Morgan fingerprint density at radius 1 is 1.05 bits per heavy atom. The van der Waals surface area contributed by atoms with Crippen LogP contribution in [0.25, 0.3) is 0 Å². The fraction of sp³-hybridized carbons (Fsp3) is 0.316. The molecule has 1 unspecified atom stereocenters. The number of hydrogen-bond donors (Lipinski definition) is 1. The molecule has 0 amide bonds. The van der Waals surface area contributed by atoms with E-state index in [1.165, 1.54) is 0 Å². The lowest BCUT2D eigenvalue weighted by Crippen LogP contribution is -2.13. The van der Waals surface area contributed by atoms with E-state index < -0.39 is 0 Å². The van der Waals surface area contributed by atoms with Gasteiger partial charge >= 0.3 is 0 Å². The molecule has 1 aliphatic heterocycles. The Morgan fingerprint density at radius 2 is 1.77 bits per heavy atom. The largest absolute Gasteiger partial charge is 0.507 e. The maximum absolute atomic E-state index is 10.6. The maximum Gasteiger partial charge on any atom is 0.220 e. The van der Waals surface area contributed by atoms with E-state index in [2.05, 4.69) is 25.8 Å². The summed E-state index contributed by atoms with van der Waals surface area (Å²) < 4.78 is 5.74. The minimum atomic E-state index is -0.127. The van der Waals surface area contributed by atoms with Gasteiger partial charge in [-0.1, -0.05) is 63.2 Å². The van der Waals surface area contributed by atoms with E-state index in [-0.39, 0.29) is 17.2 Å². The van der Waals surface area contributed by atoms with Crippen LogP contribution in [0.15, 0.2) is 53.5 Å². The van der Waals surface area contributed by atoms with Crippen LogP contribution in [0, 0.1) is 0 Å². The smallest absolute Gasteiger partial charge is 0.220 e. The highest BCUT2D eigenvalue weighted by Gasteiger charge is 2.26. The van der Waals surface area contributed by atoms with Crippen molar-refractivity contribution >= 4 is 5.90 Å². The second-order valence-electron chi connectivity index (χ2n) is 6.62. The first-order valence-corrected chi connectivity index (χ1v) is 7.55. The summed E-state index contributed by atoms with van der Waals surface area (Å²) in [5.74, 6) is 0.792. The molecular formula is C19H21NO2. The van der Waals surface area contributed by atoms with E-state index in [0.717, 1.165) is 11.1 Å². The summed E-state index contributed by atoms with van der Waals surface area (Å²) in [5, 5.41) is 10.6. The number of aromatic hydroxyl groups is 1. The lowest BCUT2D eigenvalue weighted by atomic mass is 9.85. The molecule has 3 nitrogen and oxygen atoms in total. The first kappa shape index (κ1) is 14.6. The summed E-state index contributed by atoms with van der Waals surface area (Å²) in [5.41, 5.74) is 2.58. The molecule has 2 aromatic rings. The van der Waals surface area contributed by atoms with Gasteiger partial charge in [0.2, 0.25) is 5.90 Å². The second kappa shape index (κ2) is 5.48. The molecule has 0 bridgehead atoms. The van der Waals surface area contributed by atoms with Crippen molar-refractivity contribution in [3.63, 3.8) is 0 Å². The zero-order valence-corrected chi connectivity index (χ0v) is 13.2. The Hall–Kier alpha value is -2.29. The quantitative estimate of drug-likeness (QED) is 0.901. The van der Waals surface area contributed by atoms with E-state index >= 15 is 0 Å². The first-order chi connectivity index (χ1) is 10.5. The lowest BCUT2D eigenvalue weighted by Gasteiger charge is -2.21. The van der Waals surface area contributed by atoms with Gasteiger partial charge in [0.25, 0.3) is 0 Å². The number of aliphatic imine (C=N–C) groups is 1. The van der Waals surface area contributed by atoms with Crippen LogP contribution in [0.2, 0.25) is 0 Å². The zero-order chi connectivity index (χ0) is 15.7. The van der Waals surface area contributed by atoms with Crippen molar-refractivity contribution in [2.75, 3.05) is 6.61 Å². The molecule has 114 valence electrons. The van der Waals surface area contributed by atoms with E-state index in [1.807, 2.05) is 48.5 Å². The van der Waals surface area contributed by atoms with Crippen molar-refractivity contribution in [3.8, 4) is 5.75 Å². The van der Waals surface area contributed by atoms with E-state index in [9.17, 15) is 5.11 Å². The average Bonchev–Trinajstić information content (AvgIpc) is 2.97. The number of nitrogens with zero attached hydrogens (tertiary/aromatic N) is 1. The lowest BCUT2D eigenvalue weighted by molar-refractivity contribution is 0.318. The van der Waals surface area contributed by atoms with Crippen LogP contribution >= 0.6 is 0 Å². The van der Waals surface area contributed by atoms with Crippen LogP contribution < -0.4 is 0 Å². The van der Waals surface area contributed by atoms with Crippen LogP contribution in [-0.2, 0) is 10.2 Å². The molecule has 1 N–H and O–H groups in total. The molecule has 0 aromatic heterocycles. The molecule has 1 atom stereocenters. The minimum absolute atomic E-state index is 0.00565. The zero-order valence-electron chi connectivity index (χ0n) is 13.2. The third-order valence-electron chi connectivity index (χ3n) is 3.91. The number of para-hydroxylation sites is 1. The number of benzene rings is 2. The van der Waals surface area contributed by atoms with Gasteiger partial charge in [0.15, 0.2) is 0 Å². The monoisotopic (exact) mass is 295 g/mol. The molecular weight excluding hydrogens is 274 g/mol. The Kier molecular flexibility index (Phi) is 3.65. The third kappa shape index (κ3) is 2.71. The highest BCUT2D eigenvalue weighted by molar-refractivity contribution is 5.98. The molecule has 3 rings (SSSR count). The maximum atomic E-state index is 10.6. The molecule has 0 aliphatic carbocycles. The Balaban J connectivity index is 1.96. The SMILES string of the molecule is CC(C)(C)c1cccc(C2=NC(c3ccccc3)CO2)c1O. The van der Waals surface area contributed by atoms with Crippen molar-refractivity contribution in [2.45, 2.75) is 32.2 Å². The van der Waals surface area contributed by atoms with E-state index in [1.54, 1.807) is 0 Å². The third-order valence-corrected chi connectivity index (χ3v) is 3.91. The van der Waals surface area contributed by atoms with Crippen LogP contribution in [0.5, 0.6) is 5.75 Å². The fourth-order valence-corrected chi connectivity index (χ4v) is 2.69. The Morgan fingerprint density at radius 3 is 2.45 bits per heavy atom. The molecule has 0 saturated heterocycles. The topological polar surface area (TPSA) is 41.8 Å². The molecule has 0 radical (unpaired) electrons. The molecule has 2 aromatic carbocycles. The van der Waals surface area contributed by atoms with Crippen molar-refractivity contribution in [1.29, 1.82) is 0 Å². The molecule has 1 heterocycles. The summed E-state index contributed by atoms with van der Waals surface area (Å²) in [6.45, 7) is 6.75. The van der Waals surface area contributed by atoms with Gasteiger partial charge in [-0.05, 0) is 17.0 Å². The van der Waals surface area contributed by atoms with Crippen LogP contribution in [-0.4, -0.2) is 17.6 Å². The number of rotatable bonds is 2. The predicted molar refractivity (Wildman–Crippen MR) is 88.5 cm³/mol. The van der Waals surface area contributed by atoms with Crippen molar-refractivity contribution < 1.29 is 9.84 Å². The second-order valence-corrected chi connectivity index (χ2v) is 6.62. The van der Waals surface area contributed by atoms with Crippen LogP contribution in [0.1, 0.15) is 43.5 Å². The summed E-state index contributed by atoms with van der Waals surface area (Å²) in [7, 11) is 0. The van der Waals surface area contributed by atoms with Gasteiger partial charge in [-0.25, -0.2) is 4.99 Å². The number of ether oxygens (including phenoxy) is 1. The van der Waals surface area contributed by atoms with Gasteiger partial charge in [-0.3, -0.25) is 0 Å². The summed E-state index contributed by atoms with van der Waals surface area (Å²) in [6, 6.07) is 15.8. The van der Waals surface area contributed by atoms with E-state index in [0.29, 0.717) is 18.1 Å². The summed E-state index contributed by atoms with van der Waals surface area (Å²) in [6.07, 6.45) is 0. The molecule has 0 spiro atoms. The van der Waals surface area contributed by atoms with Crippen LogP contribution in [0.3, 0.4) is 0 Å². The van der Waals surface area contributed by atoms with Crippen molar-refractivity contribution in [2.24, 2.45) is 4.99 Å². The number of phenols is 1. The summed E-state index contributed by atoms with van der Waals surface area (Å²) >= 11 is 0. The summed E-state index contributed by atoms with van der Waals surface area (Å²) in [4.78, 5) is 4.65. The number of phenolic OH excluding ortho intramolecular Hbond substituents is 1. The van der Waals surface area contributed by atoms with E-state index in [4.69, 9.17) is 4.74 Å². The Labute approximate surface area is 131 Å². The van der Waals surface area contributed by atoms with Gasteiger partial charge in [0, 0.05) is 5.56 Å². The van der Waals surface area contributed by atoms with Gasteiger partial charge in [-0.15, -0.1) is 0 Å².